The molecule has 0 fully saturated rings. The van der Waals surface area contributed by atoms with Gasteiger partial charge in [0.05, 0.1) is 6.61 Å². The van der Waals surface area contributed by atoms with Crippen LogP contribution in [0.1, 0.15) is 110 Å². The van der Waals surface area contributed by atoms with Crippen molar-refractivity contribution in [3.05, 3.63) is 30.6 Å². The second kappa shape index (κ2) is 20.3. The van der Waals surface area contributed by atoms with Crippen LogP contribution in [0.5, 0.6) is 0 Å². The van der Waals surface area contributed by atoms with E-state index in [9.17, 15) is 5.11 Å². The Hall–Kier alpha value is -0.930. The molecule has 0 saturated heterocycles. The molecule has 0 bridgehead atoms. The summed E-state index contributed by atoms with van der Waals surface area (Å²) in [5, 5.41) is 9.99. The third-order valence-corrected chi connectivity index (χ3v) is 5.65. The molecule has 0 spiro atoms. The van der Waals surface area contributed by atoms with E-state index in [2.05, 4.69) is 6.92 Å². The first-order chi connectivity index (χ1) is 14.3. The van der Waals surface area contributed by atoms with Gasteiger partial charge in [-0.05, 0) is 6.42 Å². The molecule has 0 radical (unpaired) electrons. The molecule has 1 rings (SSSR count). The predicted octanol–water partition coefficient (Wildman–Crippen LogP) is 6.61. The van der Waals surface area contributed by atoms with Crippen LogP contribution in [0.2, 0.25) is 0 Å². The minimum atomic E-state index is -0.427. The van der Waals surface area contributed by atoms with Gasteiger partial charge in [0, 0.05) is 18.7 Å². The normalized spacial score (nSPS) is 12.3. The van der Waals surface area contributed by atoms with Crippen LogP contribution in [0.15, 0.2) is 30.6 Å². The van der Waals surface area contributed by atoms with Gasteiger partial charge in [0.15, 0.2) is 18.9 Å². The highest BCUT2D eigenvalue weighted by Gasteiger charge is 2.10. The molecule has 0 aromatic carbocycles. The first-order valence-corrected chi connectivity index (χ1v) is 12.5. The first-order valence-electron chi connectivity index (χ1n) is 12.5. The summed E-state index contributed by atoms with van der Waals surface area (Å²) in [7, 11) is 0. The lowest BCUT2D eigenvalue weighted by Gasteiger charge is -2.08. The van der Waals surface area contributed by atoms with Crippen LogP contribution in [-0.2, 0) is 11.3 Å². The molecule has 1 aromatic heterocycles. The molecule has 0 amide bonds. The van der Waals surface area contributed by atoms with Crippen LogP contribution in [-0.4, -0.2) is 24.4 Å². The van der Waals surface area contributed by atoms with Crippen molar-refractivity contribution in [1.82, 2.24) is 0 Å². The number of aromatic nitrogens is 1. The van der Waals surface area contributed by atoms with E-state index in [1.165, 1.54) is 96.3 Å². The fourth-order valence-corrected chi connectivity index (χ4v) is 3.82. The van der Waals surface area contributed by atoms with Crippen LogP contribution in [0, 0.1) is 0 Å². The number of rotatable bonds is 21. The fourth-order valence-electron chi connectivity index (χ4n) is 3.82. The van der Waals surface area contributed by atoms with Crippen molar-refractivity contribution < 1.29 is 14.4 Å². The molecule has 0 saturated carbocycles. The summed E-state index contributed by atoms with van der Waals surface area (Å²) in [4.78, 5) is 0. The van der Waals surface area contributed by atoms with E-state index < -0.39 is 6.10 Å². The molecule has 0 aliphatic heterocycles. The van der Waals surface area contributed by atoms with Crippen molar-refractivity contribution in [2.75, 3.05) is 13.2 Å². The number of ether oxygens (including phenoxy) is 1. The van der Waals surface area contributed by atoms with E-state index >= 15 is 0 Å². The molecular weight excluding hydrogens is 358 g/mol. The molecule has 29 heavy (non-hydrogen) atoms. The Morgan fingerprint density at radius 2 is 1.10 bits per heavy atom. The van der Waals surface area contributed by atoms with E-state index in [0.29, 0.717) is 13.2 Å². The van der Waals surface area contributed by atoms with Crippen molar-refractivity contribution >= 4 is 0 Å². The number of unbranched alkanes of at least 4 members (excludes halogenated alkanes) is 15. The van der Waals surface area contributed by atoms with Crippen LogP contribution < -0.4 is 4.57 Å². The zero-order chi connectivity index (χ0) is 20.8. The Morgan fingerprint density at radius 3 is 1.59 bits per heavy atom. The van der Waals surface area contributed by atoms with Gasteiger partial charge in [0.2, 0.25) is 0 Å². The smallest absolute Gasteiger partial charge is 0.176 e. The second-order valence-corrected chi connectivity index (χ2v) is 8.60. The number of hydrogen-bond donors (Lipinski definition) is 1. The lowest BCUT2D eigenvalue weighted by atomic mass is 10.0. The molecule has 1 atom stereocenters. The third kappa shape index (κ3) is 17.6. The lowest BCUT2D eigenvalue weighted by Crippen LogP contribution is -2.40. The summed E-state index contributed by atoms with van der Waals surface area (Å²) in [6.45, 7) is 4.09. The molecule has 1 unspecified atom stereocenters. The molecule has 1 N–H and O–H groups in total. The van der Waals surface area contributed by atoms with Crippen molar-refractivity contribution in [1.29, 1.82) is 0 Å². The third-order valence-electron chi connectivity index (χ3n) is 5.65. The number of nitrogens with zero attached hydrogens (tertiary/aromatic N) is 1. The van der Waals surface area contributed by atoms with Crippen LogP contribution in [0.4, 0.5) is 0 Å². The Bertz CT molecular complexity index is 438. The SMILES string of the molecule is CCCCCCCCCCCCCCCCCCOCC(O)C[n+]1ccccc1. The van der Waals surface area contributed by atoms with Crippen LogP contribution in [0.25, 0.3) is 0 Å². The van der Waals surface area contributed by atoms with Gasteiger partial charge in [-0.1, -0.05) is 109 Å². The first kappa shape index (κ1) is 26.1. The van der Waals surface area contributed by atoms with Gasteiger partial charge in [0.1, 0.15) is 6.10 Å². The monoisotopic (exact) mass is 406 g/mol. The van der Waals surface area contributed by atoms with Crippen molar-refractivity contribution in [2.24, 2.45) is 0 Å². The fraction of sp³-hybridized carbons (Fsp3) is 0.808. The Labute approximate surface area is 180 Å². The van der Waals surface area contributed by atoms with Crippen molar-refractivity contribution in [2.45, 2.75) is 122 Å². The maximum atomic E-state index is 9.99. The van der Waals surface area contributed by atoms with E-state index in [0.717, 1.165) is 13.0 Å². The highest BCUT2D eigenvalue weighted by molar-refractivity contribution is 4.83. The zero-order valence-electron chi connectivity index (χ0n) is 19.2. The summed E-state index contributed by atoms with van der Waals surface area (Å²) >= 11 is 0. The molecule has 0 aliphatic rings. The molecule has 3 heteroatoms. The maximum absolute atomic E-state index is 9.99. The second-order valence-electron chi connectivity index (χ2n) is 8.60. The maximum Gasteiger partial charge on any atom is 0.176 e. The molecule has 1 heterocycles. The van der Waals surface area contributed by atoms with E-state index in [4.69, 9.17) is 4.74 Å². The van der Waals surface area contributed by atoms with Gasteiger partial charge >= 0.3 is 0 Å². The summed E-state index contributed by atoms with van der Waals surface area (Å²) in [5.74, 6) is 0. The summed E-state index contributed by atoms with van der Waals surface area (Å²) < 4.78 is 7.61. The summed E-state index contributed by atoms with van der Waals surface area (Å²) in [5.41, 5.74) is 0. The van der Waals surface area contributed by atoms with Crippen LogP contribution in [0.3, 0.4) is 0 Å². The standard InChI is InChI=1S/C26H48NO2/c1-2-3-4-5-6-7-8-9-10-11-12-13-14-15-16-20-23-29-25-26(28)24-27-21-18-17-19-22-27/h17-19,21-22,26,28H,2-16,20,23-25H2,1H3/q+1. The predicted molar refractivity (Wildman–Crippen MR) is 123 cm³/mol. The molecule has 0 aliphatic carbocycles. The van der Waals surface area contributed by atoms with Crippen LogP contribution >= 0.6 is 0 Å². The molecule has 1 aromatic rings. The minimum Gasteiger partial charge on any atom is -0.384 e. The number of pyridine rings is 1. The average Bonchev–Trinajstić information content (AvgIpc) is 2.73. The average molecular weight is 407 g/mol. The van der Waals surface area contributed by atoms with E-state index in [-0.39, 0.29) is 0 Å². The minimum absolute atomic E-state index is 0.427. The molecule has 168 valence electrons. The van der Waals surface area contributed by atoms with E-state index in [1.807, 2.05) is 35.2 Å². The van der Waals surface area contributed by atoms with Gasteiger partial charge in [0.25, 0.3) is 0 Å². The van der Waals surface area contributed by atoms with Gasteiger partial charge in [-0.3, -0.25) is 0 Å². The Morgan fingerprint density at radius 1 is 0.655 bits per heavy atom. The van der Waals surface area contributed by atoms with Gasteiger partial charge < -0.3 is 9.84 Å². The zero-order valence-corrected chi connectivity index (χ0v) is 19.2. The summed E-state index contributed by atoms with van der Waals surface area (Å²) in [6, 6.07) is 5.94. The largest absolute Gasteiger partial charge is 0.384 e. The molecular formula is C26H48NO2+. The summed E-state index contributed by atoms with van der Waals surface area (Å²) in [6.07, 6.45) is 25.7. The number of aliphatic hydroxyl groups is 1. The van der Waals surface area contributed by atoms with E-state index in [1.54, 1.807) is 0 Å². The van der Waals surface area contributed by atoms with Crippen molar-refractivity contribution in [3.63, 3.8) is 0 Å². The van der Waals surface area contributed by atoms with Gasteiger partial charge in [-0.15, -0.1) is 0 Å². The van der Waals surface area contributed by atoms with Gasteiger partial charge in [-0.25, -0.2) is 4.57 Å². The number of hydrogen-bond acceptors (Lipinski definition) is 2. The molecule has 3 nitrogen and oxygen atoms in total. The quantitative estimate of drug-likeness (QED) is 0.184. The topological polar surface area (TPSA) is 33.3 Å². The van der Waals surface area contributed by atoms with Gasteiger partial charge in [-0.2, -0.15) is 0 Å². The lowest BCUT2D eigenvalue weighted by molar-refractivity contribution is -0.703. The Balaban J connectivity index is 1.73. The highest BCUT2D eigenvalue weighted by Crippen LogP contribution is 2.13. The highest BCUT2D eigenvalue weighted by atomic mass is 16.5. The number of aliphatic hydroxyl groups excluding tert-OH is 1. The Kier molecular flexibility index (Phi) is 18.3. The van der Waals surface area contributed by atoms with Crippen molar-refractivity contribution in [3.8, 4) is 0 Å².